The number of urea groups is 1. The van der Waals surface area contributed by atoms with Gasteiger partial charge in [-0.2, -0.15) is 4.99 Å². The van der Waals surface area contributed by atoms with Crippen molar-refractivity contribution in [1.82, 2.24) is 4.90 Å². The fraction of sp³-hybridized carbons (Fsp3) is 0.500. The van der Waals surface area contributed by atoms with E-state index in [2.05, 4.69) is 9.89 Å². The second-order valence-electron chi connectivity index (χ2n) is 5.63. The maximum atomic E-state index is 12.1. The van der Waals surface area contributed by atoms with Crippen LogP contribution in [0.3, 0.4) is 0 Å². The van der Waals surface area contributed by atoms with E-state index < -0.39 is 0 Å². The molecule has 2 aliphatic heterocycles. The molecule has 21 heavy (non-hydrogen) atoms. The van der Waals surface area contributed by atoms with Crippen LogP contribution in [0.5, 0.6) is 0 Å². The fourth-order valence-electron chi connectivity index (χ4n) is 2.91. The van der Waals surface area contributed by atoms with Crippen molar-refractivity contribution in [3.05, 3.63) is 29.3 Å². The van der Waals surface area contributed by atoms with E-state index >= 15 is 0 Å². The minimum Gasteiger partial charge on any atom is -0.358 e. The highest BCUT2D eigenvalue weighted by atomic mass is 35.5. The van der Waals surface area contributed by atoms with Gasteiger partial charge in [-0.1, -0.05) is 30.9 Å². The predicted molar refractivity (Wildman–Crippen MR) is 86.3 cm³/mol. The second-order valence-corrected chi connectivity index (χ2v) is 6.06. The van der Waals surface area contributed by atoms with Gasteiger partial charge in [0, 0.05) is 23.8 Å². The zero-order valence-electron chi connectivity index (χ0n) is 12.1. The van der Waals surface area contributed by atoms with Crippen LogP contribution in [-0.2, 0) is 0 Å². The number of amides is 2. The molecule has 1 saturated heterocycles. The Morgan fingerprint density at radius 1 is 0.952 bits per heavy atom. The standard InChI is InChI=1S/C16H20ClN3O/c17-13-6-8-14(9-7-13)20-12-15(18-16(20)21)19-10-4-2-1-3-5-11-19/h6-9H,1-5,10-12H2. The van der Waals surface area contributed by atoms with E-state index in [-0.39, 0.29) is 6.03 Å². The molecule has 0 spiro atoms. The van der Waals surface area contributed by atoms with E-state index in [1.165, 1.54) is 32.1 Å². The van der Waals surface area contributed by atoms with Crippen molar-refractivity contribution >= 4 is 29.2 Å². The normalized spacial score (nSPS) is 20.2. The van der Waals surface area contributed by atoms with E-state index in [4.69, 9.17) is 11.6 Å². The molecule has 2 aliphatic rings. The van der Waals surface area contributed by atoms with Crippen LogP contribution in [-0.4, -0.2) is 36.4 Å². The number of likely N-dealkylation sites (tertiary alicyclic amines) is 1. The summed E-state index contributed by atoms with van der Waals surface area (Å²) in [6.07, 6.45) is 6.26. The lowest BCUT2D eigenvalue weighted by atomic mass is 10.1. The summed E-state index contributed by atoms with van der Waals surface area (Å²) in [4.78, 5) is 20.4. The van der Waals surface area contributed by atoms with Crippen molar-refractivity contribution in [3.8, 4) is 0 Å². The molecule has 112 valence electrons. The molecule has 0 atom stereocenters. The molecular weight excluding hydrogens is 286 g/mol. The number of rotatable bonds is 1. The van der Waals surface area contributed by atoms with Crippen molar-refractivity contribution in [3.63, 3.8) is 0 Å². The summed E-state index contributed by atoms with van der Waals surface area (Å²) in [6, 6.07) is 7.17. The Morgan fingerprint density at radius 3 is 2.24 bits per heavy atom. The fourth-order valence-corrected chi connectivity index (χ4v) is 3.04. The predicted octanol–water partition coefficient (Wildman–Crippen LogP) is 3.94. The molecule has 5 heteroatoms. The average Bonchev–Trinajstić information content (AvgIpc) is 2.81. The molecule has 0 bridgehead atoms. The lowest BCUT2D eigenvalue weighted by Gasteiger charge is -2.26. The summed E-state index contributed by atoms with van der Waals surface area (Å²) in [5.41, 5.74) is 0.857. The van der Waals surface area contributed by atoms with Crippen molar-refractivity contribution in [2.45, 2.75) is 32.1 Å². The summed E-state index contributed by atoms with van der Waals surface area (Å²) >= 11 is 5.90. The minimum atomic E-state index is -0.172. The molecular formula is C16H20ClN3O. The Hall–Kier alpha value is -1.55. The molecule has 1 aromatic carbocycles. The molecule has 2 amide bonds. The molecule has 0 aromatic heterocycles. The SMILES string of the molecule is O=C1N=C(N2CCCCCCC2)CN1c1ccc(Cl)cc1. The number of hydrogen-bond acceptors (Lipinski definition) is 2. The number of hydrogen-bond donors (Lipinski definition) is 0. The maximum absolute atomic E-state index is 12.1. The third-order valence-corrected chi connectivity index (χ3v) is 4.37. The number of benzene rings is 1. The molecule has 0 aliphatic carbocycles. The second kappa shape index (κ2) is 6.48. The maximum Gasteiger partial charge on any atom is 0.350 e. The molecule has 0 saturated carbocycles. The summed E-state index contributed by atoms with van der Waals surface area (Å²) in [6.45, 7) is 2.60. The van der Waals surface area contributed by atoms with Gasteiger partial charge in [0.2, 0.25) is 0 Å². The van der Waals surface area contributed by atoms with Crippen LogP contribution in [0.2, 0.25) is 5.02 Å². The van der Waals surface area contributed by atoms with Gasteiger partial charge >= 0.3 is 6.03 Å². The van der Waals surface area contributed by atoms with Gasteiger partial charge in [0.15, 0.2) is 0 Å². The Bertz CT molecular complexity index is 533. The number of aliphatic imine (C=N–C) groups is 1. The van der Waals surface area contributed by atoms with Crippen LogP contribution in [0.25, 0.3) is 0 Å². The first kappa shape index (κ1) is 14.4. The van der Waals surface area contributed by atoms with E-state index in [9.17, 15) is 4.79 Å². The number of carbonyl (C=O) groups is 1. The van der Waals surface area contributed by atoms with Crippen molar-refractivity contribution in [2.24, 2.45) is 4.99 Å². The lowest BCUT2D eigenvalue weighted by molar-refractivity contribution is 0.256. The van der Waals surface area contributed by atoms with Crippen LogP contribution >= 0.6 is 11.6 Å². The molecule has 4 nitrogen and oxygen atoms in total. The summed E-state index contributed by atoms with van der Waals surface area (Å²) < 4.78 is 0. The van der Waals surface area contributed by atoms with E-state index in [1.54, 1.807) is 17.0 Å². The van der Waals surface area contributed by atoms with Gasteiger partial charge in [-0.15, -0.1) is 0 Å². The first-order valence-corrected chi connectivity index (χ1v) is 8.01. The van der Waals surface area contributed by atoms with Gasteiger partial charge in [0.1, 0.15) is 5.84 Å². The number of anilines is 1. The van der Waals surface area contributed by atoms with Gasteiger partial charge in [0.05, 0.1) is 6.54 Å². The first-order chi connectivity index (χ1) is 10.2. The highest BCUT2D eigenvalue weighted by molar-refractivity contribution is 6.30. The van der Waals surface area contributed by atoms with E-state index in [0.29, 0.717) is 11.6 Å². The number of carbonyl (C=O) groups excluding carboxylic acids is 1. The van der Waals surface area contributed by atoms with Gasteiger partial charge in [0.25, 0.3) is 0 Å². The number of halogens is 1. The van der Waals surface area contributed by atoms with Crippen LogP contribution in [0.4, 0.5) is 10.5 Å². The molecule has 1 fully saturated rings. The Morgan fingerprint density at radius 2 is 1.57 bits per heavy atom. The smallest absolute Gasteiger partial charge is 0.350 e. The summed E-state index contributed by atoms with van der Waals surface area (Å²) in [7, 11) is 0. The lowest BCUT2D eigenvalue weighted by Crippen LogP contribution is -2.37. The summed E-state index contributed by atoms with van der Waals surface area (Å²) in [5, 5.41) is 0.676. The van der Waals surface area contributed by atoms with Crippen LogP contribution in [0.15, 0.2) is 29.3 Å². The van der Waals surface area contributed by atoms with Crippen molar-refractivity contribution in [1.29, 1.82) is 0 Å². The van der Waals surface area contributed by atoms with Crippen LogP contribution < -0.4 is 4.90 Å². The third kappa shape index (κ3) is 3.38. The largest absolute Gasteiger partial charge is 0.358 e. The topological polar surface area (TPSA) is 35.9 Å². The third-order valence-electron chi connectivity index (χ3n) is 4.11. The van der Waals surface area contributed by atoms with Crippen LogP contribution in [0, 0.1) is 0 Å². The van der Waals surface area contributed by atoms with E-state index in [1.807, 2.05) is 12.1 Å². The van der Waals surface area contributed by atoms with Crippen molar-refractivity contribution in [2.75, 3.05) is 24.5 Å². The van der Waals surface area contributed by atoms with Crippen LogP contribution in [0.1, 0.15) is 32.1 Å². The van der Waals surface area contributed by atoms with E-state index in [0.717, 1.165) is 24.6 Å². The zero-order chi connectivity index (χ0) is 14.7. The Balaban J connectivity index is 1.70. The monoisotopic (exact) mass is 305 g/mol. The van der Waals surface area contributed by atoms with Gasteiger partial charge in [-0.3, -0.25) is 4.90 Å². The molecule has 1 aromatic rings. The zero-order valence-corrected chi connectivity index (χ0v) is 12.9. The molecule has 0 N–H and O–H groups in total. The van der Waals surface area contributed by atoms with Gasteiger partial charge < -0.3 is 4.90 Å². The highest BCUT2D eigenvalue weighted by Gasteiger charge is 2.28. The summed E-state index contributed by atoms with van der Waals surface area (Å²) in [5.74, 6) is 0.914. The minimum absolute atomic E-state index is 0.172. The first-order valence-electron chi connectivity index (χ1n) is 7.63. The molecule has 0 unspecified atom stereocenters. The number of amidine groups is 1. The highest BCUT2D eigenvalue weighted by Crippen LogP contribution is 2.22. The van der Waals surface area contributed by atoms with Gasteiger partial charge in [-0.25, -0.2) is 4.79 Å². The quantitative estimate of drug-likeness (QED) is 0.787. The Labute approximate surface area is 130 Å². The van der Waals surface area contributed by atoms with Gasteiger partial charge in [-0.05, 0) is 37.1 Å². The average molecular weight is 306 g/mol. The number of nitrogens with zero attached hydrogens (tertiary/aromatic N) is 3. The van der Waals surface area contributed by atoms with Crippen molar-refractivity contribution < 1.29 is 4.79 Å². The molecule has 0 radical (unpaired) electrons. The molecule has 2 heterocycles. The Kier molecular flexibility index (Phi) is 4.44. The molecule has 3 rings (SSSR count).